The van der Waals surface area contributed by atoms with Gasteiger partial charge in [-0.2, -0.15) is 0 Å². The summed E-state index contributed by atoms with van der Waals surface area (Å²) in [4.78, 5) is 27.4. The fourth-order valence-electron chi connectivity index (χ4n) is 3.71. The van der Waals surface area contributed by atoms with Gasteiger partial charge in [-0.1, -0.05) is 54.1 Å². The first-order valence-electron chi connectivity index (χ1n) is 9.42. The Balaban J connectivity index is 2.00. The molecule has 1 amide bonds. The van der Waals surface area contributed by atoms with Gasteiger partial charge in [-0.05, 0) is 35.9 Å². The Morgan fingerprint density at radius 2 is 1.68 bits per heavy atom. The zero-order valence-electron chi connectivity index (χ0n) is 16.4. The molecule has 7 heteroatoms. The highest BCUT2D eigenvalue weighted by atomic mass is 35.5. The Bertz CT molecular complexity index is 1210. The number of phenols is 1. The minimum Gasteiger partial charge on any atom is -0.507 e. The Morgan fingerprint density at radius 3 is 2.35 bits per heavy atom. The monoisotopic (exact) mass is 435 g/mol. The molecule has 0 saturated carbocycles. The van der Waals surface area contributed by atoms with Gasteiger partial charge in [0.2, 0.25) is 0 Å². The molecule has 1 unspecified atom stereocenters. The van der Waals surface area contributed by atoms with Gasteiger partial charge in [0.1, 0.15) is 17.3 Å². The standard InChI is InChI=1S/C24H18ClNO5/c1-31-19-12-11-15(25)13-16(19)22(28)20-21(14-7-3-2-4-8-14)26(24(30)23(20)29)17-9-5-6-10-18(17)27/h2-13,21,27-28H,1H3/b22-20+. The first-order chi connectivity index (χ1) is 14.9. The molecule has 1 saturated heterocycles. The number of hydrogen-bond acceptors (Lipinski definition) is 5. The van der Waals surface area contributed by atoms with E-state index in [1.165, 1.54) is 30.2 Å². The number of aliphatic hydroxyl groups is 1. The number of halogens is 1. The number of para-hydroxylation sites is 2. The molecule has 2 N–H and O–H groups in total. The lowest BCUT2D eigenvalue weighted by Crippen LogP contribution is -2.29. The third-order valence-corrected chi connectivity index (χ3v) is 5.35. The van der Waals surface area contributed by atoms with Crippen molar-refractivity contribution in [2.45, 2.75) is 6.04 Å². The number of hydrogen-bond donors (Lipinski definition) is 2. The molecule has 0 aliphatic carbocycles. The molecule has 0 spiro atoms. The van der Waals surface area contributed by atoms with E-state index in [2.05, 4.69) is 0 Å². The molecule has 0 aromatic heterocycles. The summed E-state index contributed by atoms with van der Waals surface area (Å²) in [7, 11) is 1.43. The number of amides is 1. The van der Waals surface area contributed by atoms with Crippen molar-refractivity contribution in [3.63, 3.8) is 0 Å². The number of aliphatic hydroxyl groups excluding tert-OH is 1. The van der Waals surface area contributed by atoms with Crippen molar-refractivity contribution in [3.05, 3.63) is 94.5 Å². The fourth-order valence-corrected chi connectivity index (χ4v) is 3.88. The highest BCUT2D eigenvalue weighted by Crippen LogP contribution is 2.45. The van der Waals surface area contributed by atoms with Gasteiger partial charge < -0.3 is 14.9 Å². The summed E-state index contributed by atoms with van der Waals surface area (Å²) in [5.41, 5.74) is 0.814. The largest absolute Gasteiger partial charge is 0.507 e. The number of ether oxygens (including phenoxy) is 1. The highest BCUT2D eigenvalue weighted by Gasteiger charge is 2.47. The number of carbonyl (C=O) groups excluding carboxylic acids is 2. The van der Waals surface area contributed by atoms with Crippen LogP contribution in [-0.4, -0.2) is 29.0 Å². The summed E-state index contributed by atoms with van der Waals surface area (Å²) in [6, 6.07) is 18.7. The summed E-state index contributed by atoms with van der Waals surface area (Å²) in [5, 5.41) is 21.9. The van der Waals surface area contributed by atoms with Gasteiger partial charge in [0.25, 0.3) is 11.7 Å². The van der Waals surface area contributed by atoms with E-state index in [1.54, 1.807) is 54.6 Å². The summed E-state index contributed by atoms with van der Waals surface area (Å²) in [5.74, 6) is -2.02. The van der Waals surface area contributed by atoms with E-state index in [1.807, 2.05) is 0 Å². The SMILES string of the molecule is COc1ccc(Cl)cc1/C(O)=C1\C(=O)C(=O)N(c2ccccc2O)C1c1ccccc1. The lowest BCUT2D eigenvalue weighted by atomic mass is 9.95. The molecule has 1 fully saturated rings. The molecular formula is C24H18ClNO5. The number of benzene rings is 3. The topological polar surface area (TPSA) is 87.1 Å². The number of anilines is 1. The van der Waals surface area contributed by atoms with Crippen molar-refractivity contribution in [3.8, 4) is 11.5 Å². The van der Waals surface area contributed by atoms with Gasteiger partial charge in [-0.3, -0.25) is 14.5 Å². The van der Waals surface area contributed by atoms with Crippen molar-refractivity contribution < 1.29 is 24.5 Å². The van der Waals surface area contributed by atoms with Crippen LogP contribution < -0.4 is 9.64 Å². The molecular weight excluding hydrogens is 418 g/mol. The maximum Gasteiger partial charge on any atom is 0.300 e. The van der Waals surface area contributed by atoms with Gasteiger partial charge in [-0.15, -0.1) is 0 Å². The maximum atomic E-state index is 13.1. The number of phenolic OH excluding ortho intramolecular Hbond substituents is 1. The minimum atomic E-state index is -0.960. The number of Topliss-reactive ketones (excluding diaryl/α,β-unsaturated/α-hetero) is 1. The normalized spacial score (nSPS) is 17.7. The minimum absolute atomic E-state index is 0.125. The molecule has 3 aromatic rings. The number of rotatable bonds is 4. The van der Waals surface area contributed by atoms with Gasteiger partial charge >= 0.3 is 0 Å². The Hall–Kier alpha value is -3.77. The molecule has 1 heterocycles. The molecule has 3 aromatic carbocycles. The van der Waals surface area contributed by atoms with Crippen LogP contribution in [-0.2, 0) is 9.59 Å². The predicted molar refractivity (Wildman–Crippen MR) is 117 cm³/mol. The maximum absolute atomic E-state index is 13.1. The third-order valence-electron chi connectivity index (χ3n) is 5.12. The smallest absolute Gasteiger partial charge is 0.300 e. The number of carbonyl (C=O) groups is 2. The van der Waals surface area contributed by atoms with Gasteiger partial charge in [0, 0.05) is 5.02 Å². The van der Waals surface area contributed by atoms with Crippen molar-refractivity contribution >= 4 is 34.7 Å². The lowest BCUT2D eigenvalue weighted by molar-refractivity contribution is -0.132. The number of aromatic hydroxyl groups is 1. The molecule has 6 nitrogen and oxygen atoms in total. The van der Waals surface area contributed by atoms with E-state index in [-0.39, 0.29) is 22.6 Å². The zero-order chi connectivity index (χ0) is 22.1. The molecule has 1 aliphatic heterocycles. The second-order valence-electron chi connectivity index (χ2n) is 6.91. The molecule has 0 bridgehead atoms. The van der Waals surface area contributed by atoms with Crippen LogP contribution in [0.5, 0.6) is 11.5 Å². The zero-order valence-corrected chi connectivity index (χ0v) is 17.2. The number of ketones is 1. The van der Waals surface area contributed by atoms with Crippen LogP contribution >= 0.6 is 11.6 Å². The first-order valence-corrected chi connectivity index (χ1v) is 9.79. The van der Waals surface area contributed by atoms with E-state index in [0.717, 1.165) is 0 Å². The summed E-state index contributed by atoms with van der Waals surface area (Å²) < 4.78 is 5.31. The quantitative estimate of drug-likeness (QED) is 0.353. The van der Waals surface area contributed by atoms with Crippen LogP contribution in [0.3, 0.4) is 0 Å². The van der Waals surface area contributed by atoms with Gasteiger partial charge in [-0.25, -0.2) is 0 Å². The molecule has 4 rings (SSSR count). The van der Waals surface area contributed by atoms with Crippen LogP contribution in [0.15, 0.2) is 78.4 Å². The van der Waals surface area contributed by atoms with Gasteiger partial charge in [0.15, 0.2) is 0 Å². The summed E-state index contributed by atoms with van der Waals surface area (Å²) >= 11 is 6.10. The Labute approximate surface area is 183 Å². The first kappa shape index (κ1) is 20.5. The molecule has 0 radical (unpaired) electrons. The van der Waals surface area contributed by atoms with E-state index < -0.39 is 23.5 Å². The Morgan fingerprint density at radius 1 is 1.00 bits per heavy atom. The van der Waals surface area contributed by atoms with Crippen LogP contribution in [0, 0.1) is 0 Å². The second kappa shape index (κ2) is 8.16. The van der Waals surface area contributed by atoms with E-state index >= 15 is 0 Å². The summed E-state index contributed by atoms with van der Waals surface area (Å²) in [6.45, 7) is 0. The molecule has 1 aliphatic rings. The second-order valence-corrected chi connectivity index (χ2v) is 7.35. The number of nitrogens with zero attached hydrogens (tertiary/aromatic N) is 1. The highest BCUT2D eigenvalue weighted by molar-refractivity contribution is 6.52. The van der Waals surface area contributed by atoms with Crippen molar-refractivity contribution in [2.24, 2.45) is 0 Å². The fraction of sp³-hybridized carbons (Fsp3) is 0.0833. The van der Waals surface area contributed by atoms with Crippen molar-refractivity contribution in [1.82, 2.24) is 0 Å². The molecule has 156 valence electrons. The third kappa shape index (κ3) is 3.51. The Kier molecular flexibility index (Phi) is 5.40. The van der Waals surface area contributed by atoms with Crippen LogP contribution in [0.1, 0.15) is 17.2 Å². The summed E-state index contributed by atoms with van der Waals surface area (Å²) in [6.07, 6.45) is 0. The van der Waals surface area contributed by atoms with Crippen LogP contribution in [0.4, 0.5) is 5.69 Å². The average molecular weight is 436 g/mol. The van der Waals surface area contributed by atoms with E-state index in [4.69, 9.17) is 16.3 Å². The number of methoxy groups -OCH3 is 1. The van der Waals surface area contributed by atoms with Crippen LogP contribution in [0.2, 0.25) is 5.02 Å². The molecule has 1 atom stereocenters. The average Bonchev–Trinajstić information content (AvgIpc) is 3.05. The van der Waals surface area contributed by atoms with E-state index in [0.29, 0.717) is 16.3 Å². The predicted octanol–water partition coefficient (Wildman–Crippen LogP) is 4.68. The van der Waals surface area contributed by atoms with Crippen LogP contribution in [0.25, 0.3) is 5.76 Å². The van der Waals surface area contributed by atoms with Crippen molar-refractivity contribution in [2.75, 3.05) is 12.0 Å². The van der Waals surface area contributed by atoms with Gasteiger partial charge in [0.05, 0.1) is 30.0 Å². The lowest BCUT2D eigenvalue weighted by Gasteiger charge is -2.26. The van der Waals surface area contributed by atoms with Crippen molar-refractivity contribution in [1.29, 1.82) is 0 Å². The molecule has 31 heavy (non-hydrogen) atoms. The van der Waals surface area contributed by atoms with E-state index in [9.17, 15) is 19.8 Å².